The molecule has 0 radical (unpaired) electrons. The van der Waals surface area contributed by atoms with E-state index in [9.17, 15) is 0 Å². The molecule has 0 bridgehead atoms. The Morgan fingerprint density at radius 1 is 0.824 bits per heavy atom. The molecule has 0 aliphatic heterocycles. The summed E-state index contributed by atoms with van der Waals surface area (Å²) in [5.74, 6) is 0. The van der Waals surface area contributed by atoms with Crippen molar-refractivity contribution < 1.29 is 0 Å². The van der Waals surface area contributed by atoms with Crippen LogP contribution in [0, 0.1) is 27.7 Å². The Bertz CT molecular complexity index is 548. The molecule has 0 unspecified atom stereocenters. The summed E-state index contributed by atoms with van der Waals surface area (Å²) in [5.41, 5.74) is 10.9. The van der Waals surface area contributed by atoms with Gasteiger partial charge in [0.05, 0.1) is 0 Å². The van der Waals surface area contributed by atoms with E-state index in [1.807, 2.05) is 0 Å². The van der Waals surface area contributed by atoms with Crippen LogP contribution in [-0.4, -0.2) is 0 Å². The van der Waals surface area contributed by atoms with Crippen LogP contribution in [0.1, 0.15) is 46.7 Å². The zero-order valence-electron chi connectivity index (χ0n) is 11.4. The maximum absolute atomic E-state index is 2.42. The van der Waals surface area contributed by atoms with Crippen LogP contribution in [0.2, 0.25) is 0 Å². The van der Waals surface area contributed by atoms with Crippen LogP contribution in [0.25, 0.3) is 0 Å². The van der Waals surface area contributed by atoms with Crippen LogP contribution in [0.4, 0.5) is 0 Å². The third kappa shape index (κ3) is 1.19. The molecule has 0 atom stereocenters. The van der Waals surface area contributed by atoms with E-state index in [-0.39, 0.29) is 5.41 Å². The number of fused-ring (bicyclic) bond motifs is 3. The molecule has 0 aromatic heterocycles. The second-order valence-electron chi connectivity index (χ2n) is 5.71. The summed E-state index contributed by atoms with van der Waals surface area (Å²) in [5, 5.41) is 0. The summed E-state index contributed by atoms with van der Waals surface area (Å²) < 4.78 is 0. The van der Waals surface area contributed by atoms with Gasteiger partial charge in [-0.1, -0.05) is 23.8 Å². The van der Waals surface area contributed by atoms with Crippen LogP contribution < -0.4 is 0 Å². The number of hydrogen-bond acceptors (Lipinski definition) is 0. The molecule has 0 nitrogen and oxygen atoms in total. The van der Waals surface area contributed by atoms with E-state index in [0.717, 1.165) is 6.42 Å². The molecule has 0 amide bonds. The highest BCUT2D eigenvalue weighted by molar-refractivity contribution is 5.74. The molecular formula is C17H20. The van der Waals surface area contributed by atoms with Crippen LogP contribution in [-0.2, 0) is 5.41 Å². The molecule has 1 aromatic rings. The quantitative estimate of drug-likeness (QED) is 0.611. The molecule has 88 valence electrons. The molecule has 0 saturated heterocycles. The van der Waals surface area contributed by atoms with Crippen molar-refractivity contribution in [1.29, 1.82) is 0 Å². The summed E-state index contributed by atoms with van der Waals surface area (Å²) >= 11 is 0. The molecule has 0 saturated carbocycles. The second kappa shape index (κ2) is 3.13. The maximum atomic E-state index is 2.42. The number of allylic oxidation sites excluding steroid dienone is 4. The minimum atomic E-state index is 0.271. The lowest BCUT2D eigenvalue weighted by Crippen LogP contribution is -2.06. The van der Waals surface area contributed by atoms with Gasteiger partial charge < -0.3 is 0 Å². The van der Waals surface area contributed by atoms with Crippen molar-refractivity contribution >= 4 is 0 Å². The molecule has 0 N–H and O–H groups in total. The first-order chi connectivity index (χ1) is 7.99. The Morgan fingerprint density at radius 3 is 1.76 bits per heavy atom. The maximum Gasteiger partial charge on any atom is 0.0431 e. The van der Waals surface area contributed by atoms with E-state index < -0.39 is 0 Å². The van der Waals surface area contributed by atoms with Gasteiger partial charge in [0.1, 0.15) is 0 Å². The molecular weight excluding hydrogens is 204 g/mol. The van der Waals surface area contributed by atoms with Gasteiger partial charge in [-0.15, -0.1) is 0 Å². The van der Waals surface area contributed by atoms with Crippen molar-refractivity contribution in [3.63, 3.8) is 0 Å². The smallest absolute Gasteiger partial charge is 0.0431 e. The lowest BCUT2D eigenvalue weighted by molar-refractivity contribution is 0.774. The van der Waals surface area contributed by atoms with Gasteiger partial charge in [-0.3, -0.25) is 0 Å². The largest absolute Gasteiger partial charge is 0.0801 e. The van der Waals surface area contributed by atoms with Gasteiger partial charge in [0.25, 0.3) is 0 Å². The van der Waals surface area contributed by atoms with Crippen molar-refractivity contribution in [3.05, 3.63) is 57.2 Å². The minimum absolute atomic E-state index is 0.271. The van der Waals surface area contributed by atoms with E-state index in [4.69, 9.17) is 0 Å². The van der Waals surface area contributed by atoms with Crippen molar-refractivity contribution in [3.8, 4) is 0 Å². The molecule has 0 heterocycles. The Hall–Kier alpha value is -1.30. The third-order valence-corrected chi connectivity index (χ3v) is 4.89. The predicted molar refractivity (Wildman–Crippen MR) is 73.7 cm³/mol. The van der Waals surface area contributed by atoms with Gasteiger partial charge in [-0.25, -0.2) is 0 Å². The first-order valence-corrected chi connectivity index (χ1v) is 6.46. The van der Waals surface area contributed by atoms with Gasteiger partial charge in [0.2, 0.25) is 0 Å². The van der Waals surface area contributed by atoms with Crippen LogP contribution in [0.15, 0.2) is 23.8 Å². The summed E-state index contributed by atoms with van der Waals surface area (Å²) in [7, 11) is 0. The monoisotopic (exact) mass is 224 g/mol. The van der Waals surface area contributed by atoms with E-state index >= 15 is 0 Å². The zero-order valence-corrected chi connectivity index (χ0v) is 11.4. The fraction of sp³-hybridized carbons (Fsp3) is 0.412. The average Bonchev–Trinajstić information content (AvgIpc) is 2.97. The molecule has 3 rings (SSSR count). The van der Waals surface area contributed by atoms with Gasteiger partial charge >= 0.3 is 0 Å². The summed E-state index contributed by atoms with van der Waals surface area (Å²) in [6.45, 7) is 11.3. The average molecular weight is 224 g/mol. The molecule has 0 fully saturated rings. The summed E-state index contributed by atoms with van der Waals surface area (Å²) in [6, 6.07) is 0. The Labute approximate surface area is 104 Å². The molecule has 0 heteroatoms. The van der Waals surface area contributed by atoms with Crippen LogP contribution in [0.5, 0.6) is 0 Å². The van der Waals surface area contributed by atoms with Crippen molar-refractivity contribution in [2.24, 2.45) is 0 Å². The van der Waals surface area contributed by atoms with Crippen molar-refractivity contribution in [2.45, 2.75) is 46.5 Å². The standard InChI is InChI=1S/C17H20/c1-10-6-8-17(9-7-10)15-13(4)11(2)12(3)14(5)16(15)17/h6-8H,9H2,1-5H3. The van der Waals surface area contributed by atoms with Crippen molar-refractivity contribution in [1.82, 2.24) is 0 Å². The topological polar surface area (TPSA) is 0 Å². The molecule has 1 spiro atoms. The summed E-state index contributed by atoms with van der Waals surface area (Å²) in [4.78, 5) is 0. The van der Waals surface area contributed by atoms with E-state index in [1.54, 1.807) is 11.1 Å². The highest BCUT2D eigenvalue weighted by Gasteiger charge is 2.51. The van der Waals surface area contributed by atoms with Crippen molar-refractivity contribution in [2.75, 3.05) is 0 Å². The van der Waals surface area contributed by atoms with Crippen LogP contribution >= 0.6 is 0 Å². The normalized spacial score (nSPS) is 19.2. The van der Waals surface area contributed by atoms with Gasteiger partial charge in [-0.2, -0.15) is 0 Å². The molecule has 2 aliphatic rings. The van der Waals surface area contributed by atoms with Gasteiger partial charge in [0.15, 0.2) is 0 Å². The highest BCUT2D eigenvalue weighted by atomic mass is 14.5. The Morgan fingerprint density at radius 2 is 1.35 bits per heavy atom. The number of hydrogen-bond donors (Lipinski definition) is 0. The summed E-state index contributed by atoms with van der Waals surface area (Å²) in [6.07, 6.45) is 8.25. The van der Waals surface area contributed by atoms with E-state index in [0.29, 0.717) is 0 Å². The van der Waals surface area contributed by atoms with Crippen LogP contribution in [0.3, 0.4) is 0 Å². The first-order valence-electron chi connectivity index (χ1n) is 6.46. The Balaban J connectivity index is 2.19. The zero-order chi connectivity index (χ0) is 12.4. The molecule has 1 aromatic carbocycles. The fourth-order valence-corrected chi connectivity index (χ4v) is 3.42. The van der Waals surface area contributed by atoms with E-state index in [1.165, 1.54) is 27.8 Å². The van der Waals surface area contributed by atoms with Gasteiger partial charge in [0, 0.05) is 5.41 Å². The number of rotatable bonds is 0. The van der Waals surface area contributed by atoms with Gasteiger partial charge in [-0.05, 0) is 74.4 Å². The lowest BCUT2D eigenvalue weighted by Gasteiger charge is -2.14. The fourth-order valence-electron chi connectivity index (χ4n) is 3.42. The Kier molecular flexibility index (Phi) is 1.99. The number of benzene rings is 1. The minimum Gasteiger partial charge on any atom is -0.0801 e. The predicted octanol–water partition coefficient (Wildman–Crippen LogP) is 4.43. The molecule has 2 aliphatic carbocycles. The lowest BCUT2D eigenvalue weighted by atomic mass is 9.89. The SMILES string of the molecule is CC1=CCC2(C=C1)c1c(C)c(C)c(C)c(C)c12. The van der Waals surface area contributed by atoms with E-state index in [2.05, 4.69) is 52.8 Å². The second-order valence-corrected chi connectivity index (χ2v) is 5.71. The molecule has 17 heavy (non-hydrogen) atoms. The third-order valence-electron chi connectivity index (χ3n) is 4.89. The highest BCUT2D eigenvalue weighted by Crippen LogP contribution is 2.59. The first kappa shape index (κ1) is 10.8.